The number of H-pyrrole nitrogens is 1. The maximum Gasteiger partial charge on any atom is 0.233 e. The van der Waals surface area contributed by atoms with Crippen LogP contribution in [0.2, 0.25) is 0 Å². The Kier molecular flexibility index (Phi) is 7.76. The number of hydrogen-bond acceptors (Lipinski definition) is 3. The van der Waals surface area contributed by atoms with E-state index in [0.29, 0.717) is 5.75 Å². The third-order valence-electron chi connectivity index (χ3n) is 4.93. The van der Waals surface area contributed by atoms with Gasteiger partial charge in [0.15, 0.2) is 5.16 Å². The van der Waals surface area contributed by atoms with E-state index < -0.39 is 0 Å². The lowest BCUT2D eigenvalue weighted by Gasteiger charge is -2.33. The number of carbonyl (C=O) groups is 1. The lowest BCUT2D eigenvalue weighted by Crippen LogP contribution is -2.45. The van der Waals surface area contributed by atoms with Crippen LogP contribution in [-0.2, 0) is 11.2 Å². The number of carbonyl (C=O) groups excluding carboxylic acids is 1. The number of nitrogens with one attached hydrogen (secondary N) is 1. The lowest BCUT2D eigenvalue weighted by molar-refractivity contribution is -0.132. The van der Waals surface area contributed by atoms with Gasteiger partial charge in [-0.1, -0.05) is 55.9 Å². The molecule has 0 aliphatic rings. The number of hydrogen-bond donors (Lipinski definition) is 1. The number of rotatable bonds is 9. The highest BCUT2D eigenvalue weighted by Gasteiger charge is 2.23. The summed E-state index contributed by atoms with van der Waals surface area (Å²) in [6.45, 7) is 10.6. The number of aryl methyl sites for hydroxylation is 1. The summed E-state index contributed by atoms with van der Waals surface area (Å²) in [5.41, 5.74) is 3.37. The minimum atomic E-state index is 0.192. The van der Waals surface area contributed by atoms with Crippen molar-refractivity contribution < 1.29 is 4.79 Å². The van der Waals surface area contributed by atoms with Gasteiger partial charge in [0, 0.05) is 24.2 Å². The Morgan fingerprint density at radius 2 is 1.77 bits per heavy atom. The molecule has 2 atom stereocenters. The van der Waals surface area contributed by atoms with Crippen molar-refractivity contribution in [3.8, 4) is 0 Å². The van der Waals surface area contributed by atoms with E-state index in [-0.39, 0.29) is 18.0 Å². The Hall–Kier alpha value is -1.75. The van der Waals surface area contributed by atoms with E-state index >= 15 is 0 Å². The highest BCUT2D eigenvalue weighted by Crippen LogP contribution is 2.21. The molecular weight excluding hydrogens is 342 g/mol. The zero-order valence-corrected chi connectivity index (χ0v) is 17.4. The van der Waals surface area contributed by atoms with Crippen molar-refractivity contribution in [3.05, 3.63) is 47.3 Å². The lowest BCUT2D eigenvalue weighted by atomic mass is 10.1. The second-order valence-corrected chi connectivity index (χ2v) is 7.84. The molecule has 1 N–H and O–H groups in total. The average molecular weight is 374 g/mol. The van der Waals surface area contributed by atoms with Gasteiger partial charge in [0.05, 0.1) is 11.4 Å². The smallest absolute Gasteiger partial charge is 0.233 e. The van der Waals surface area contributed by atoms with E-state index in [1.807, 2.05) is 30.0 Å². The fraction of sp³-hybridized carbons (Fsp3) is 0.524. The fourth-order valence-electron chi connectivity index (χ4n) is 3.02. The first-order chi connectivity index (χ1) is 12.5. The molecule has 2 aromatic rings. The highest BCUT2D eigenvalue weighted by atomic mass is 32.2. The van der Waals surface area contributed by atoms with Crippen LogP contribution in [0.1, 0.15) is 57.5 Å². The molecule has 1 amide bonds. The predicted octanol–water partition coefficient (Wildman–Crippen LogP) is 4.83. The molecule has 0 bridgehead atoms. The average Bonchev–Trinajstić information content (AvgIpc) is 3.00. The van der Waals surface area contributed by atoms with Gasteiger partial charge in [-0.2, -0.15) is 0 Å². The standard InChI is InChI=1S/C21H31N3OS/c1-6-15(3)24(16(4)7-2)20(25)14-26-21-22-17(5)19(23-21)13-18-11-9-8-10-12-18/h8-12,15-16H,6-7,13-14H2,1-5H3,(H,22,23)/t15-,16+. The monoisotopic (exact) mass is 373 g/mol. The van der Waals surface area contributed by atoms with Gasteiger partial charge in [-0.3, -0.25) is 4.79 Å². The van der Waals surface area contributed by atoms with Crippen LogP contribution >= 0.6 is 11.8 Å². The molecule has 0 unspecified atom stereocenters. The summed E-state index contributed by atoms with van der Waals surface area (Å²) < 4.78 is 0. The van der Waals surface area contributed by atoms with Gasteiger partial charge in [0.25, 0.3) is 0 Å². The van der Waals surface area contributed by atoms with Crippen molar-refractivity contribution >= 4 is 17.7 Å². The third kappa shape index (κ3) is 5.37. The van der Waals surface area contributed by atoms with E-state index in [9.17, 15) is 4.79 Å². The van der Waals surface area contributed by atoms with E-state index in [1.54, 1.807) is 0 Å². The number of aromatic nitrogens is 2. The second-order valence-electron chi connectivity index (χ2n) is 6.88. The Bertz CT molecular complexity index is 689. The highest BCUT2D eigenvalue weighted by molar-refractivity contribution is 7.99. The predicted molar refractivity (Wildman–Crippen MR) is 110 cm³/mol. The first-order valence-corrected chi connectivity index (χ1v) is 10.5. The van der Waals surface area contributed by atoms with Crippen molar-refractivity contribution in [2.24, 2.45) is 0 Å². The molecule has 1 heterocycles. The van der Waals surface area contributed by atoms with Gasteiger partial charge in [-0.25, -0.2) is 4.98 Å². The maximum absolute atomic E-state index is 12.8. The maximum atomic E-state index is 12.8. The molecule has 5 heteroatoms. The number of aromatic amines is 1. The molecule has 4 nitrogen and oxygen atoms in total. The topological polar surface area (TPSA) is 49.0 Å². The Morgan fingerprint density at radius 3 is 2.35 bits per heavy atom. The second kappa shape index (κ2) is 9.81. The molecule has 0 radical (unpaired) electrons. The summed E-state index contributed by atoms with van der Waals surface area (Å²) in [4.78, 5) is 22.8. The van der Waals surface area contributed by atoms with E-state index in [0.717, 1.165) is 35.8 Å². The first-order valence-electron chi connectivity index (χ1n) is 9.49. The van der Waals surface area contributed by atoms with Gasteiger partial charge < -0.3 is 9.88 Å². The van der Waals surface area contributed by atoms with E-state index in [2.05, 4.69) is 44.8 Å². The summed E-state index contributed by atoms with van der Waals surface area (Å²) in [5.74, 6) is 0.615. The molecule has 26 heavy (non-hydrogen) atoms. The fourth-order valence-corrected chi connectivity index (χ4v) is 3.83. The number of amides is 1. The molecule has 2 rings (SSSR count). The van der Waals surface area contributed by atoms with Gasteiger partial charge in [0.1, 0.15) is 0 Å². The van der Waals surface area contributed by atoms with Crippen LogP contribution in [0.4, 0.5) is 0 Å². The van der Waals surface area contributed by atoms with Crippen molar-refractivity contribution in [2.45, 2.75) is 71.1 Å². The summed E-state index contributed by atoms with van der Waals surface area (Å²) in [7, 11) is 0. The van der Waals surface area contributed by atoms with Crippen LogP contribution in [0.3, 0.4) is 0 Å². The summed E-state index contributed by atoms with van der Waals surface area (Å²) in [6.07, 6.45) is 2.76. The minimum Gasteiger partial charge on any atom is -0.337 e. The third-order valence-corrected chi connectivity index (χ3v) is 5.79. The quantitative estimate of drug-likeness (QED) is 0.641. The van der Waals surface area contributed by atoms with Crippen molar-refractivity contribution in [2.75, 3.05) is 5.75 Å². The molecule has 1 aromatic heterocycles. The molecule has 1 aromatic carbocycles. The van der Waals surface area contributed by atoms with Crippen LogP contribution in [0.5, 0.6) is 0 Å². The van der Waals surface area contributed by atoms with Crippen LogP contribution in [-0.4, -0.2) is 38.6 Å². The minimum absolute atomic E-state index is 0.192. The SMILES string of the molecule is CC[C@@H](C)N(C(=O)CSc1nc(Cc2ccccc2)c(C)[nH]1)[C@@H](C)CC. The van der Waals surface area contributed by atoms with Crippen molar-refractivity contribution in [1.82, 2.24) is 14.9 Å². The molecule has 0 fully saturated rings. The Morgan fingerprint density at radius 1 is 1.15 bits per heavy atom. The van der Waals surface area contributed by atoms with Crippen molar-refractivity contribution in [1.29, 1.82) is 0 Å². The molecular formula is C21H31N3OS. The zero-order valence-electron chi connectivity index (χ0n) is 16.6. The van der Waals surface area contributed by atoms with E-state index in [1.165, 1.54) is 17.3 Å². The number of imidazole rings is 1. The van der Waals surface area contributed by atoms with Gasteiger partial charge in [-0.05, 0) is 39.2 Å². The van der Waals surface area contributed by atoms with Gasteiger partial charge in [-0.15, -0.1) is 0 Å². The molecule has 0 aliphatic carbocycles. The normalized spacial score (nSPS) is 13.4. The molecule has 0 saturated heterocycles. The van der Waals surface area contributed by atoms with Crippen LogP contribution < -0.4 is 0 Å². The molecule has 142 valence electrons. The first kappa shape index (κ1) is 20.6. The Balaban J connectivity index is 2.00. The zero-order chi connectivity index (χ0) is 19.1. The van der Waals surface area contributed by atoms with E-state index in [4.69, 9.17) is 4.98 Å². The summed E-state index contributed by atoms with van der Waals surface area (Å²) in [5, 5.41) is 0.829. The van der Waals surface area contributed by atoms with Crippen LogP contribution in [0.15, 0.2) is 35.5 Å². The summed E-state index contributed by atoms with van der Waals surface area (Å²) in [6, 6.07) is 10.9. The van der Waals surface area contributed by atoms with Gasteiger partial charge >= 0.3 is 0 Å². The number of benzene rings is 1. The summed E-state index contributed by atoms with van der Waals surface area (Å²) >= 11 is 1.50. The molecule has 0 spiro atoms. The number of nitrogens with zero attached hydrogens (tertiary/aromatic N) is 2. The number of thioether (sulfide) groups is 1. The molecule has 0 aliphatic heterocycles. The Labute approximate surface area is 161 Å². The van der Waals surface area contributed by atoms with Crippen molar-refractivity contribution in [3.63, 3.8) is 0 Å². The molecule has 0 saturated carbocycles. The largest absolute Gasteiger partial charge is 0.337 e. The van der Waals surface area contributed by atoms with Crippen LogP contribution in [0.25, 0.3) is 0 Å². The van der Waals surface area contributed by atoms with Gasteiger partial charge in [0.2, 0.25) is 5.91 Å². The van der Waals surface area contributed by atoms with Crippen LogP contribution in [0, 0.1) is 6.92 Å².